The maximum Gasteiger partial charge on any atom is 0.273 e. The van der Waals surface area contributed by atoms with Crippen LogP contribution in [0.15, 0.2) is 47.9 Å². The van der Waals surface area contributed by atoms with Crippen molar-refractivity contribution in [3.05, 3.63) is 59.0 Å². The molecule has 0 unspecified atom stereocenters. The summed E-state index contributed by atoms with van der Waals surface area (Å²) in [6, 6.07) is 4.36. The van der Waals surface area contributed by atoms with Gasteiger partial charge in [-0.15, -0.1) is 0 Å². The van der Waals surface area contributed by atoms with Crippen LogP contribution in [0.2, 0.25) is 0 Å². The van der Waals surface area contributed by atoms with Crippen LogP contribution in [0.5, 0.6) is 5.75 Å². The Kier molecular flexibility index (Phi) is 6.63. The molecule has 0 aromatic carbocycles. The van der Waals surface area contributed by atoms with E-state index in [9.17, 15) is 4.79 Å². The lowest BCUT2D eigenvalue weighted by Gasteiger charge is -2.30. The lowest BCUT2D eigenvalue weighted by Crippen LogP contribution is -2.31. The van der Waals surface area contributed by atoms with Crippen molar-refractivity contribution in [2.75, 3.05) is 12.4 Å². The van der Waals surface area contributed by atoms with E-state index in [0.29, 0.717) is 24.1 Å². The maximum atomic E-state index is 13.2. The summed E-state index contributed by atoms with van der Waals surface area (Å²) in [5, 5.41) is 7.87. The highest BCUT2D eigenvalue weighted by atomic mass is 16.5. The van der Waals surface area contributed by atoms with Gasteiger partial charge in [-0.2, -0.15) is 5.10 Å². The normalized spacial score (nSPS) is 18.7. The molecule has 4 rings (SSSR count). The van der Waals surface area contributed by atoms with Crippen molar-refractivity contribution in [2.24, 2.45) is 13.0 Å². The Hall–Kier alpha value is -3.09. The van der Waals surface area contributed by atoms with Gasteiger partial charge in [0.2, 0.25) is 0 Å². The first-order chi connectivity index (χ1) is 15.4. The standard InChI is InChI=1S/C25H33N5O2/c1-17(2)14-30-16-20(21-12-27-29(3)15-21)10-24(25(30)31)28-22-7-5-18(6-8-22)19-9-23(32-4)13-26-11-19/h9-13,15-18,22,28H,5-8,14H2,1-4H3. The quantitative estimate of drug-likeness (QED) is 0.594. The summed E-state index contributed by atoms with van der Waals surface area (Å²) in [6.45, 7) is 4.95. The van der Waals surface area contributed by atoms with Crippen molar-refractivity contribution in [2.45, 2.75) is 58.0 Å². The Labute approximate surface area is 189 Å². The first-order valence-corrected chi connectivity index (χ1v) is 11.4. The molecule has 3 aromatic rings. The predicted molar refractivity (Wildman–Crippen MR) is 127 cm³/mol. The summed E-state index contributed by atoms with van der Waals surface area (Å²) in [6.07, 6.45) is 13.6. The number of hydrogen-bond acceptors (Lipinski definition) is 5. The molecule has 3 aromatic heterocycles. The minimum atomic E-state index is 0.0467. The van der Waals surface area contributed by atoms with Crippen LogP contribution < -0.4 is 15.6 Å². The number of hydrogen-bond donors (Lipinski definition) is 1. The third-order valence-electron chi connectivity index (χ3n) is 6.21. The van der Waals surface area contributed by atoms with E-state index in [1.54, 1.807) is 18.0 Å². The van der Waals surface area contributed by atoms with E-state index in [1.165, 1.54) is 5.56 Å². The van der Waals surface area contributed by atoms with Gasteiger partial charge in [0.15, 0.2) is 0 Å². The van der Waals surface area contributed by atoms with Crippen LogP contribution in [-0.2, 0) is 13.6 Å². The van der Waals surface area contributed by atoms with E-state index in [2.05, 4.69) is 35.3 Å². The second kappa shape index (κ2) is 9.59. The fourth-order valence-corrected chi connectivity index (χ4v) is 4.56. The molecule has 170 valence electrons. The first-order valence-electron chi connectivity index (χ1n) is 11.4. The Morgan fingerprint density at radius 1 is 1.09 bits per heavy atom. The molecule has 0 aliphatic heterocycles. The van der Waals surface area contributed by atoms with Crippen molar-refractivity contribution in [3.8, 4) is 16.9 Å². The van der Waals surface area contributed by atoms with E-state index < -0.39 is 0 Å². The third-order valence-corrected chi connectivity index (χ3v) is 6.21. The van der Waals surface area contributed by atoms with Crippen molar-refractivity contribution in [3.63, 3.8) is 0 Å². The van der Waals surface area contributed by atoms with Crippen LogP contribution >= 0.6 is 0 Å². The average molecular weight is 436 g/mol. The number of nitrogens with zero attached hydrogens (tertiary/aromatic N) is 4. The molecule has 1 saturated carbocycles. The van der Waals surface area contributed by atoms with Crippen molar-refractivity contribution < 1.29 is 4.74 Å². The van der Waals surface area contributed by atoms with Gasteiger partial charge in [0.05, 0.1) is 19.5 Å². The van der Waals surface area contributed by atoms with Gasteiger partial charge in [0.1, 0.15) is 11.4 Å². The number of pyridine rings is 2. The van der Waals surface area contributed by atoms with Gasteiger partial charge in [0, 0.05) is 49.4 Å². The number of anilines is 1. The molecule has 1 aliphatic carbocycles. The fourth-order valence-electron chi connectivity index (χ4n) is 4.56. The van der Waals surface area contributed by atoms with Crippen LogP contribution in [0, 0.1) is 5.92 Å². The molecule has 0 atom stereocenters. The van der Waals surface area contributed by atoms with E-state index in [0.717, 1.165) is 42.6 Å². The van der Waals surface area contributed by atoms with Crippen molar-refractivity contribution in [1.82, 2.24) is 19.3 Å². The van der Waals surface area contributed by atoms with Crippen LogP contribution in [0.4, 0.5) is 5.69 Å². The summed E-state index contributed by atoms with van der Waals surface area (Å²) in [7, 11) is 3.58. The maximum absolute atomic E-state index is 13.2. The van der Waals surface area contributed by atoms with Crippen LogP contribution in [0.1, 0.15) is 51.0 Å². The number of methoxy groups -OCH3 is 1. The monoisotopic (exact) mass is 435 g/mol. The van der Waals surface area contributed by atoms with Gasteiger partial charge in [-0.05, 0) is 55.2 Å². The van der Waals surface area contributed by atoms with Crippen LogP contribution in [0.25, 0.3) is 11.1 Å². The second-order valence-electron chi connectivity index (χ2n) is 9.25. The molecule has 3 heterocycles. The summed E-state index contributed by atoms with van der Waals surface area (Å²) in [5.41, 5.74) is 3.99. The van der Waals surface area contributed by atoms with Gasteiger partial charge in [-0.25, -0.2) is 0 Å². The molecule has 7 nitrogen and oxygen atoms in total. The van der Waals surface area contributed by atoms with Crippen molar-refractivity contribution in [1.29, 1.82) is 0 Å². The summed E-state index contributed by atoms with van der Waals surface area (Å²) in [5.74, 6) is 1.67. The van der Waals surface area contributed by atoms with E-state index >= 15 is 0 Å². The number of aromatic nitrogens is 4. The highest BCUT2D eigenvalue weighted by Gasteiger charge is 2.24. The van der Waals surface area contributed by atoms with Gasteiger partial charge < -0.3 is 14.6 Å². The molecule has 0 radical (unpaired) electrons. The lowest BCUT2D eigenvalue weighted by molar-refractivity contribution is 0.399. The molecule has 1 aliphatic rings. The minimum Gasteiger partial charge on any atom is -0.495 e. The lowest BCUT2D eigenvalue weighted by atomic mass is 9.82. The molecule has 1 N–H and O–H groups in total. The molecular formula is C25H33N5O2. The smallest absolute Gasteiger partial charge is 0.273 e. The second-order valence-corrected chi connectivity index (χ2v) is 9.25. The largest absolute Gasteiger partial charge is 0.495 e. The molecular weight excluding hydrogens is 402 g/mol. The molecule has 1 fully saturated rings. The Balaban J connectivity index is 1.51. The summed E-state index contributed by atoms with van der Waals surface area (Å²) in [4.78, 5) is 17.5. The number of rotatable bonds is 7. The predicted octanol–water partition coefficient (Wildman–Crippen LogP) is 4.45. The molecule has 0 bridgehead atoms. The molecule has 7 heteroatoms. The fraction of sp³-hybridized carbons (Fsp3) is 0.480. The zero-order valence-corrected chi connectivity index (χ0v) is 19.4. The zero-order chi connectivity index (χ0) is 22.7. The van der Waals surface area contributed by atoms with E-state index in [1.807, 2.05) is 42.5 Å². The Bertz CT molecular complexity index is 1110. The van der Waals surface area contributed by atoms with Crippen LogP contribution in [0.3, 0.4) is 0 Å². The molecule has 0 spiro atoms. The third kappa shape index (κ3) is 5.03. The average Bonchev–Trinajstić information content (AvgIpc) is 3.23. The van der Waals surface area contributed by atoms with Crippen molar-refractivity contribution >= 4 is 5.69 Å². The highest BCUT2D eigenvalue weighted by molar-refractivity contribution is 5.65. The SMILES string of the molecule is COc1cncc(C2CCC(Nc3cc(-c4cnn(C)c4)cn(CC(C)C)c3=O)CC2)c1. The number of ether oxygens (including phenoxy) is 1. The number of aryl methyl sites for hydroxylation is 1. The van der Waals surface area contributed by atoms with Gasteiger partial charge >= 0.3 is 0 Å². The number of nitrogens with one attached hydrogen (secondary N) is 1. The van der Waals surface area contributed by atoms with Gasteiger partial charge in [0.25, 0.3) is 5.56 Å². The minimum absolute atomic E-state index is 0.0467. The Morgan fingerprint density at radius 2 is 1.88 bits per heavy atom. The Morgan fingerprint density at radius 3 is 2.53 bits per heavy atom. The van der Waals surface area contributed by atoms with Gasteiger partial charge in [-0.1, -0.05) is 13.8 Å². The summed E-state index contributed by atoms with van der Waals surface area (Å²) < 4.78 is 8.95. The zero-order valence-electron chi connectivity index (χ0n) is 19.4. The van der Waals surface area contributed by atoms with E-state index in [4.69, 9.17) is 4.74 Å². The summed E-state index contributed by atoms with van der Waals surface area (Å²) >= 11 is 0. The topological polar surface area (TPSA) is 74.0 Å². The van der Waals surface area contributed by atoms with E-state index in [-0.39, 0.29) is 11.6 Å². The molecule has 0 amide bonds. The van der Waals surface area contributed by atoms with Crippen LogP contribution in [-0.4, -0.2) is 32.5 Å². The first kappa shape index (κ1) is 22.1. The van der Waals surface area contributed by atoms with Gasteiger partial charge in [-0.3, -0.25) is 14.5 Å². The highest BCUT2D eigenvalue weighted by Crippen LogP contribution is 2.35. The molecule has 32 heavy (non-hydrogen) atoms. The molecule has 0 saturated heterocycles.